The second-order valence-electron chi connectivity index (χ2n) is 6.60. The predicted molar refractivity (Wildman–Crippen MR) is 105 cm³/mol. The molecule has 8 heteroatoms. The molecule has 1 aliphatic carbocycles. The van der Waals surface area contributed by atoms with Crippen LogP contribution in [0.5, 0.6) is 0 Å². The van der Waals surface area contributed by atoms with Gasteiger partial charge < -0.3 is 20.7 Å². The SMILES string of the molecule is CCNC(=NCC(=O)NC1CC1)NCC(c1cccs1)N1CCOCC1. The van der Waals surface area contributed by atoms with Crippen LogP contribution in [0.2, 0.25) is 0 Å². The van der Waals surface area contributed by atoms with E-state index in [1.807, 2.05) is 6.92 Å². The lowest BCUT2D eigenvalue weighted by atomic mass is 10.2. The highest BCUT2D eigenvalue weighted by atomic mass is 32.1. The van der Waals surface area contributed by atoms with Gasteiger partial charge in [0.15, 0.2) is 5.96 Å². The van der Waals surface area contributed by atoms with Crippen LogP contribution in [-0.4, -0.2) is 68.7 Å². The van der Waals surface area contributed by atoms with Crippen molar-refractivity contribution in [2.24, 2.45) is 4.99 Å². The number of carbonyl (C=O) groups excluding carboxylic acids is 1. The van der Waals surface area contributed by atoms with Gasteiger partial charge in [-0.3, -0.25) is 9.69 Å². The molecule has 0 spiro atoms. The normalized spacial score (nSPS) is 19.8. The molecule has 1 saturated carbocycles. The van der Waals surface area contributed by atoms with Gasteiger partial charge in [-0.2, -0.15) is 0 Å². The van der Waals surface area contributed by atoms with E-state index in [1.54, 1.807) is 11.3 Å². The highest BCUT2D eigenvalue weighted by Gasteiger charge is 2.24. The van der Waals surface area contributed by atoms with Crippen molar-refractivity contribution in [1.29, 1.82) is 0 Å². The van der Waals surface area contributed by atoms with Gasteiger partial charge in [0.25, 0.3) is 0 Å². The molecule has 1 aliphatic heterocycles. The molecule has 1 atom stereocenters. The van der Waals surface area contributed by atoms with E-state index in [4.69, 9.17) is 4.74 Å². The maximum absolute atomic E-state index is 11.9. The van der Waals surface area contributed by atoms with E-state index < -0.39 is 0 Å². The lowest BCUT2D eigenvalue weighted by molar-refractivity contribution is -0.119. The Morgan fingerprint density at radius 1 is 1.38 bits per heavy atom. The molecule has 3 N–H and O–H groups in total. The van der Waals surface area contributed by atoms with Crippen LogP contribution in [0.1, 0.15) is 30.7 Å². The third-order valence-corrected chi connectivity index (χ3v) is 5.46. The Morgan fingerprint density at radius 3 is 2.85 bits per heavy atom. The number of hydrogen-bond acceptors (Lipinski definition) is 5. The molecular weight excluding hydrogens is 350 g/mol. The average molecular weight is 380 g/mol. The third-order valence-electron chi connectivity index (χ3n) is 4.49. The summed E-state index contributed by atoms with van der Waals surface area (Å²) in [6.07, 6.45) is 2.19. The fraction of sp³-hybridized carbons (Fsp3) is 0.667. The Kier molecular flexibility index (Phi) is 7.28. The number of nitrogens with one attached hydrogen (secondary N) is 3. The van der Waals surface area contributed by atoms with Crippen molar-refractivity contribution in [1.82, 2.24) is 20.9 Å². The summed E-state index contributed by atoms with van der Waals surface area (Å²) in [7, 11) is 0. The van der Waals surface area contributed by atoms with E-state index in [0.717, 1.165) is 52.2 Å². The Labute approximate surface area is 159 Å². The summed E-state index contributed by atoms with van der Waals surface area (Å²) < 4.78 is 5.49. The molecule has 1 aromatic heterocycles. The molecule has 2 heterocycles. The Balaban J connectivity index is 1.57. The van der Waals surface area contributed by atoms with Crippen LogP contribution in [0, 0.1) is 0 Å². The van der Waals surface area contributed by atoms with Gasteiger partial charge in [-0.25, -0.2) is 4.99 Å². The molecule has 1 amide bonds. The number of morpholine rings is 1. The second-order valence-corrected chi connectivity index (χ2v) is 7.58. The molecule has 26 heavy (non-hydrogen) atoms. The molecule has 1 unspecified atom stereocenters. The summed E-state index contributed by atoms with van der Waals surface area (Å²) in [6, 6.07) is 4.93. The highest BCUT2D eigenvalue weighted by Crippen LogP contribution is 2.25. The number of carbonyl (C=O) groups is 1. The average Bonchev–Trinajstić information content (AvgIpc) is 3.30. The van der Waals surface area contributed by atoms with Crippen molar-refractivity contribution in [3.63, 3.8) is 0 Å². The Hall–Kier alpha value is -1.64. The minimum Gasteiger partial charge on any atom is -0.379 e. The lowest BCUT2D eigenvalue weighted by Gasteiger charge is -2.34. The summed E-state index contributed by atoms with van der Waals surface area (Å²) in [5, 5.41) is 11.7. The van der Waals surface area contributed by atoms with Gasteiger partial charge in [0.2, 0.25) is 5.91 Å². The Bertz CT molecular complexity index is 582. The summed E-state index contributed by atoms with van der Waals surface area (Å²) in [4.78, 5) is 20.1. The molecule has 2 fully saturated rings. The van der Waals surface area contributed by atoms with E-state index in [9.17, 15) is 4.79 Å². The van der Waals surface area contributed by atoms with Crippen molar-refractivity contribution in [2.75, 3.05) is 45.9 Å². The highest BCUT2D eigenvalue weighted by molar-refractivity contribution is 7.10. The van der Waals surface area contributed by atoms with Crippen LogP contribution in [0.4, 0.5) is 0 Å². The minimum absolute atomic E-state index is 0.00677. The number of thiophene rings is 1. The molecule has 7 nitrogen and oxygen atoms in total. The standard InChI is InChI=1S/C18H29N5O2S/c1-2-19-18(21-13-17(24)22-14-5-6-14)20-12-15(16-4-3-11-26-16)23-7-9-25-10-8-23/h3-4,11,14-15H,2,5-10,12-13H2,1H3,(H,22,24)(H2,19,20,21). The van der Waals surface area contributed by atoms with Crippen LogP contribution in [0.3, 0.4) is 0 Å². The first-order valence-corrected chi connectivity index (χ1v) is 10.3. The molecule has 2 aliphatic rings. The topological polar surface area (TPSA) is 78.0 Å². The second kappa shape index (κ2) is 9.89. The van der Waals surface area contributed by atoms with Crippen LogP contribution < -0.4 is 16.0 Å². The summed E-state index contributed by atoms with van der Waals surface area (Å²) >= 11 is 1.77. The molecular formula is C18H29N5O2S. The fourth-order valence-electron chi connectivity index (χ4n) is 2.97. The molecule has 1 saturated heterocycles. The van der Waals surface area contributed by atoms with Crippen LogP contribution >= 0.6 is 11.3 Å². The summed E-state index contributed by atoms with van der Waals surface area (Å²) in [5.41, 5.74) is 0. The fourth-order valence-corrected chi connectivity index (χ4v) is 3.83. The molecule has 144 valence electrons. The number of ether oxygens (including phenoxy) is 1. The van der Waals surface area contributed by atoms with E-state index in [0.29, 0.717) is 12.0 Å². The number of rotatable bonds is 8. The van der Waals surface area contributed by atoms with Crippen LogP contribution in [0.25, 0.3) is 0 Å². The smallest absolute Gasteiger partial charge is 0.242 e. The quantitative estimate of drug-likeness (QED) is 0.463. The first-order valence-electron chi connectivity index (χ1n) is 9.43. The van der Waals surface area contributed by atoms with Crippen LogP contribution in [0.15, 0.2) is 22.5 Å². The molecule has 0 aromatic carbocycles. The van der Waals surface area contributed by atoms with E-state index >= 15 is 0 Å². The van der Waals surface area contributed by atoms with Gasteiger partial charge in [0.1, 0.15) is 6.54 Å². The van der Waals surface area contributed by atoms with Crippen molar-refractivity contribution < 1.29 is 9.53 Å². The summed E-state index contributed by atoms with van der Waals surface area (Å²) in [6.45, 7) is 7.11. The summed E-state index contributed by atoms with van der Waals surface area (Å²) in [5.74, 6) is 0.681. The van der Waals surface area contributed by atoms with Gasteiger partial charge in [-0.15, -0.1) is 11.3 Å². The number of hydrogen-bond donors (Lipinski definition) is 3. The molecule has 1 aromatic rings. The van der Waals surface area contributed by atoms with Crippen molar-refractivity contribution in [3.8, 4) is 0 Å². The van der Waals surface area contributed by atoms with Gasteiger partial charge in [0, 0.05) is 37.1 Å². The maximum Gasteiger partial charge on any atom is 0.242 e. The van der Waals surface area contributed by atoms with E-state index in [1.165, 1.54) is 4.88 Å². The number of nitrogens with zero attached hydrogens (tertiary/aromatic N) is 2. The largest absolute Gasteiger partial charge is 0.379 e. The van der Waals surface area contributed by atoms with Gasteiger partial charge >= 0.3 is 0 Å². The molecule has 3 rings (SSSR count). The first kappa shape index (κ1) is 19.1. The number of guanidine groups is 1. The number of aliphatic imine (C=N–C) groups is 1. The Morgan fingerprint density at radius 2 is 2.19 bits per heavy atom. The van der Waals surface area contributed by atoms with Crippen LogP contribution in [-0.2, 0) is 9.53 Å². The third kappa shape index (κ3) is 5.96. The zero-order valence-corrected chi connectivity index (χ0v) is 16.2. The van der Waals surface area contributed by atoms with Crippen molar-refractivity contribution >= 4 is 23.2 Å². The maximum atomic E-state index is 11.9. The van der Waals surface area contributed by atoms with E-state index in [-0.39, 0.29) is 18.5 Å². The monoisotopic (exact) mass is 379 g/mol. The molecule has 0 radical (unpaired) electrons. The van der Waals surface area contributed by atoms with Gasteiger partial charge in [0.05, 0.1) is 19.3 Å². The zero-order chi connectivity index (χ0) is 18.2. The minimum atomic E-state index is -0.00677. The predicted octanol–water partition coefficient (Wildman–Crippen LogP) is 0.955. The van der Waals surface area contributed by atoms with Gasteiger partial charge in [-0.05, 0) is 31.2 Å². The van der Waals surface area contributed by atoms with Crippen molar-refractivity contribution in [2.45, 2.75) is 31.8 Å². The number of amides is 1. The van der Waals surface area contributed by atoms with Gasteiger partial charge in [-0.1, -0.05) is 6.07 Å². The van der Waals surface area contributed by atoms with E-state index in [2.05, 4.69) is 43.4 Å². The molecule has 0 bridgehead atoms. The lowest BCUT2D eigenvalue weighted by Crippen LogP contribution is -2.46. The first-order chi connectivity index (χ1) is 12.8. The zero-order valence-electron chi connectivity index (χ0n) is 15.4. The van der Waals surface area contributed by atoms with Crippen molar-refractivity contribution in [3.05, 3.63) is 22.4 Å².